The van der Waals surface area contributed by atoms with Crippen molar-refractivity contribution in [3.8, 4) is 0 Å². The molecule has 0 saturated heterocycles. The van der Waals surface area contributed by atoms with Crippen LogP contribution in [0.25, 0.3) is 0 Å². The van der Waals surface area contributed by atoms with Gasteiger partial charge in [-0.1, -0.05) is 6.07 Å². The van der Waals surface area contributed by atoms with E-state index in [9.17, 15) is 27.2 Å². The molecule has 1 aromatic carbocycles. The Kier molecular flexibility index (Phi) is 5.25. The number of amides is 1. The maximum atomic E-state index is 13.7. The summed E-state index contributed by atoms with van der Waals surface area (Å²) in [6, 6.07) is 0.658. The second kappa shape index (κ2) is 6.53. The molecule has 0 saturated carbocycles. The van der Waals surface area contributed by atoms with Crippen molar-refractivity contribution in [2.24, 2.45) is 0 Å². The fraction of sp³-hybridized carbons (Fsp3) is 0.333. The third-order valence-electron chi connectivity index (χ3n) is 2.49. The minimum absolute atomic E-state index is 0.415. The van der Waals surface area contributed by atoms with Crippen molar-refractivity contribution >= 4 is 11.9 Å². The van der Waals surface area contributed by atoms with Gasteiger partial charge in [-0.2, -0.15) is 13.2 Å². The van der Waals surface area contributed by atoms with Crippen molar-refractivity contribution in [3.63, 3.8) is 0 Å². The summed E-state index contributed by atoms with van der Waals surface area (Å²) in [6.45, 7) is -0.415. The number of aliphatic carboxylic acids is 1. The van der Waals surface area contributed by atoms with Crippen LogP contribution in [0, 0.1) is 5.82 Å². The largest absolute Gasteiger partial charge is 0.480 e. The smallest absolute Gasteiger partial charge is 0.419 e. The molecule has 0 spiro atoms. The molecular weight excluding hydrogens is 298 g/mol. The van der Waals surface area contributed by atoms with E-state index in [4.69, 9.17) is 5.11 Å². The monoisotopic (exact) mass is 309 g/mol. The summed E-state index contributed by atoms with van der Waals surface area (Å²) < 4.78 is 55.8. The number of carbonyl (C=O) groups is 2. The third kappa shape index (κ3) is 4.15. The molecule has 1 aromatic rings. The van der Waals surface area contributed by atoms with Gasteiger partial charge in [-0.05, 0) is 12.1 Å². The van der Waals surface area contributed by atoms with Gasteiger partial charge in [0.15, 0.2) is 6.04 Å². The zero-order chi connectivity index (χ0) is 16.2. The van der Waals surface area contributed by atoms with E-state index >= 15 is 0 Å². The number of alkyl halides is 3. The minimum Gasteiger partial charge on any atom is -0.480 e. The van der Waals surface area contributed by atoms with Crippen LogP contribution in [0.5, 0.6) is 0 Å². The van der Waals surface area contributed by atoms with Crippen LogP contribution < -0.4 is 5.32 Å². The normalized spacial score (nSPS) is 12.8. The lowest BCUT2D eigenvalue weighted by molar-refractivity contribution is -0.141. The van der Waals surface area contributed by atoms with Crippen LogP contribution in [0.2, 0.25) is 0 Å². The molecule has 9 heteroatoms. The molecule has 0 fully saturated rings. The summed E-state index contributed by atoms with van der Waals surface area (Å²) in [5.74, 6) is -4.50. The minimum atomic E-state index is -4.96. The summed E-state index contributed by atoms with van der Waals surface area (Å²) in [7, 11) is 1.17. The molecule has 2 N–H and O–H groups in total. The van der Waals surface area contributed by atoms with Gasteiger partial charge in [0.2, 0.25) is 0 Å². The molecule has 1 atom stereocenters. The lowest BCUT2D eigenvalue weighted by Gasteiger charge is -2.15. The number of hydrogen-bond acceptors (Lipinski definition) is 3. The maximum Gasteiger partial charge on any atom is 0.419 e. The standard InChI is InChI=1S/C12H11F4NO4/c1-21-5-8(11(19)20)17-10(18)6-3-2-4-7(9(6)13)12(14,15)16/h2-4,8H,5H2,1H3,(H,17,18)(H,19,20). The van der Waals surface area contributed by atoms with Crippen molar-refractivity contribution in [2.75, 3.05) is 13.7 Å². The number of ether oxygens (including phenoxy) is 1. The van der Waals surface area contributed by atoms with Gasteiger partial charge in [0, 0.05) is 7.11 Å². The van der Waals surface area contributed by atoms with Crippen molar-refractivity contribution in [3.05, 3.63) is 35.1 Å². The second-order valence-electron chi connectivity index (χ2n) is 3.98. The van der Waals surface area contributed by atoms with Crippen LogP contribution in [0.1, 0.15) is 15.9 Å². The molecule has 0 aliphatic heterocycles. The van der Waals surface area contributed by atoms with Crippen LogP contribution in [0.15, 0.2) is 18.2 Å². The Hall–Kier alpha value is -2.16. The molecule has 21 heavy (non-hydrogen) atoms. The topological polar surface area (TPSA) is 75.6 Å². The number of methoxy groups -OCH3 is 1. The lowest BCUT2D eigenvalue weighted by atomic mass is 10.1. The van der Waals surface area contributed by atoms with Gasteiger partial charge in [-0.25, -0.2) is 9.18 Å². The van der Waals surface area contributed by atoms with E-state index < -0.39 is 47.6 Å². The van der Waals surface area contributed by atoms with Crippen molar-refractivity contribution in [1.82, 2.24) is 5.32 Å². The van der Waals surface area contributed by atoms with Crippen molar-refractivity contribution in [2.45, 2.75) is 12.2 Å². The third-order valence-corrected chi connectivity index (χ3v) is 2.49. The van der Waals surface area contributed by atoms with Gasteiger partial charge in [0.1, 0.15) is 5.82 Å². The quantitative estimate of drug-likeness (QED) is 0.811. The average molecular weight is 309 g/mol. The van der Waals surface area contributed by atoms with E-state index in [0.29, 0.717) is 6.07 Å². The highest BCUT2D eigenvalue weighted by Crippen LogP contribution is 2.32. The molecular formula is C12H11F4NO4. The number of rotatable bonds is 5. The predicted octanol–water partition coefficient (Wildman–Crippen LogP) is 1.67. The van der Waals surface area contributed by atoms with Gasteiger partial charge in [-0.3, -0.25) is 4.79 Å². The molecule has 0 heterocycles. The zero-order valence-electron chi connectivity index (χ0n) is 10.7. The van der Waals surface area contributed by atoms with E-state index in [0.717, 1.165) is 12.1 Å². The first kappa shape index (κ1) is 16.9. The van der Waals surface area contributed by atoms with E-state index in [2.05, 4.69) is 4.74 Å². The first-order valence-corrected chi connectivity index (χ1v) is 5.56. The molecule has 116 valence electrons. The molecule has 0 aliphatic rings. The van der Waals surface area contributed by atoms with Crippen LogP contribution >= 0.6 is 0 Å². The fourth-order valence-corrected chi connectivity index (χ4v) is 1.50. The number of hydrogen-bond donors (Lipinski definition) is 2. The molecule has 1 amide bonds. The SMILES string of the molecule is COCC(NC(=O)c1cccc(C(F)(F)F)c1F)C(=O)O. The fourth-order valence-electron chi connectivity index (χ4n) is 1.50. The first-order valence-electron chi connectivity index (χ1n) is 5.56. The molecule has 5 nitrogen and oxygen atoms in total. The number of halogens is 4. The number of carboxylic acid groups (broad SMARTS) is 1. The number of carbonyl (C=O) groups excluding carboxylic acids is 1. The second-order valence-corrected chi connectivity index (χ2v) is 3.98. The molecule has 0 bridgehead atoms. The maximum absolute atomic E-state index is 13.7. The van der Waals surface area contributed by atoms with Gasteiger partial charge >= 0.3 is 12.1 Å². The van der Waals surface area contributed by atoms with Gasteiger partial charge < -0.3 is 15.2 Å². The molecule has 0 aromatic heterocycles. The Labute approximate surface area is 116 Å². The molecule has 0 radical (unpaired) electrons. The summed E-state index contributed by atoms with van der Waals surface area (Å²) in [5, 5.41) is 10.7. The van der Waals surface area contributed by atoms with Crippen molar-refractivity contribution < 1.29 is 37.0 Å². The highest BCUT2D eigenvalue weighted by Gasteiger charge is 2.36. The summed E-state index contributed by atoms with van der Waals surface area (Å²) in [5.41, 5.74) is -2.50. The van der Waals surface area contributed by atoms with Gasteiger partial charge in [0.25, 0.3) is 5.91 Å². The van der Waals surface area contributed by atoms with Crippen LogP contribution in [-0.4, -0.2) is 36.7 Å². The summed E-state index contributed by atoms with van der Waals surface area (Å²) >= 11 is 0. The van der Waals surface area contributed by atoms with Crippen LogP contribution in [0.3, 0.4) is 0 Å². The van der Waals surface area contributed by atoms with Crippen LogP contribution in [0.4, 0.5) is 17.6 Å². The highest BCUT2D eigenvalue weighted by atomic mass is 19.4. The molecule has 1 rings (SSSR count). The number of carboxylic acids is 1. The van der Waals surface area contributed by atoms with Crippen LogP contribution in [-0.2, 0) is 15.7 Å². The average Bonchev–Trinajstić information content (AvgIpc) is 2.36. The van der Waals surface area contributed by atoms with E-state index in [1.165, 1.54) is 7.11 Å². The number of benzene rings is 1. The van der Waals surface area contributed by atoms with E-state index in [1.54, 1.807) is 0 Å². The predicted molar refractivity (Wildman–Crippen MR) is 62.2 cm³/mol. The van der Waals surface area contributed by atoms with Gasteiger partial charge in [-0.15, -0.1) is 0 Å². The molecule has 0 aliphatic carbocycles. The summed E-state index contributed by atoms with van der Waals surface area (Å²) in [6.07, 6.45) is -4.96. The Morgan fingerprint density at radius 1 is 1.38 bits per heavy atom. The summed E-state index contributed by atoms with van der Waals surface area (Å²) in [4.78, 5) is 22.5. The Balaban J connectivity index is 3.06. The highest BCUT2D eigenvalue weighted by molar-refractivity contribution is 5.97. The number of nitrogens with one attached hydrogen (secondary N) is 1. The lowest BCUT2D eigenvalue weighted by Crippen LogP contribution is -2.44. The molecule has 1 unspecified atom stereocenters. The van der Waals surface area contributed by atoms with Gasteiger partial charge in [0.05, 0.1) is 17.7 Å². The Morgan fingerprint density at radius 3 is 2.48 bits per heavy atom. The zero-order valence-corrected chi connectivity index (χ0v) is 10.7. The Morgan fingerprint density at radius 2 is 2.00 bits per heavy atom. The van der Waals surface area contributed by atoms with E-state index in [-0.39, 0.29) is 0 Å². The van der Waals surface area contributed by atoms with E-state index in [1.807, 2.05) is 5.32 Å². The van der Waals surface area contributed by atoms with Crippen molar-refractivity contribution in [1.29, 1.82) is 0 Å². The first-order chi connectivity index (χ1) is 9.68. The Bertz CT molecular complexity index is 545.